The summed E-state index contributed by atoms with van der Waals surface area (Å²) in [6.45, 7) is 2.14. The van der Waals surface area contributed by atoms with Crippen LogP contribution in [0.15, 0.2) is 12.3 Å². The molecule has 2 aromatic rings. The Morgan fingerprint density at radius 1 is 1.44 bits per heavy atom. The number of anilines is 2. The maximum absolute atomic E-state index is 5.97. The van der Waals surface area contributed by atoms with Gasteiger partial charge in [-0.15, -0.1) is 0 Å². The lowest BCUT2D eigenvalue weighted by Gasteiger charge is -2.03. The van der Waals surface area contributed by atoms with Gasteiger partial charge in [0.2, 0.25) is 0 Å². The molecule has 0 unspecified atom stereocenters. The molecule has 4 nitrogen and oxygen atoms in total. The molecule has 2 heterocycles. The molecular weight excluding hydrogens is 224 g/mol. The number of unbranched alkanes of at least 4 members (excludes halogenated alkanes) is 1. The Morgan fingerprint density at radius 3 is 2.88 bits per heavy atom. The molecule has 16 heavy (non-hydrogen) atoms. The van der Waals surface area contributed by atoms with Crippen molar-refractivity contribution in [2.24, 2.45) is 0 Å². The van der Waals surface area contributed by atoms with Crippen LogP contribution in [-0.2, 0) is 6.42 Å². The summed E-state index contributed by atoms with van der Waals surface area (Å²) in [5, 5.41) is 0.597. The van der Waals surface area contributed by atoms with Crippen molar-refractivity contribution < 1.29 is 0 Å². The van der Waals surface area contributed by atoms with E-state index < -0.39 is 0 Å². The van der Waals surface area contributed by atoms with Gasteiger partial charge in [-0.2, -0.15) is 0 Å². The van der Waals surface area contributed by atoms with Gasteiger partial charge in [0.15, 0.2) is 5.65 Å². The van der Waals surface area contributed by atoms with Crippen molar-refractivity contribution in [1.82, 2.24) is 9.38 Å². The fraction of sp³-hybridized carbons (Fsp3) is 0.364. The van der Waals surface area contributed by atoms with Crippen LogP contribution in [0.25, 0.3) is 5.65 Å². The van der Waals surface area contributed by atoms with Crippen LogP contribution in [0.4, 0.5) is 11.5 Å². The molecule has 5 heteroatoms. The zero-order valence-electron chi connectivity index (χ0n) is 9.20. The topological polar surface area (TPSA) is 69.3 Å². The zero-order chi connectivity index (χ0) is 11.7. The van der Waals surface area contributed by atoms with Gasteiger partial charge in [-0.25, -0.2) is 4.98 Å². The highest BCUT2D eigenvalue weighted by Crippen LogP contribution is 2.24. The Hall–Kier alpha value is -1.42. The molecule has 0 saturated carbocycles. The van der Waals surface area contributed by atoms with E-state index in [2.05, 4.69) is 11.9 Å². The first-order valence-electron chi connectivity index (χ1n) is 5.35. The van der Waals surface area contributed by atoms with E-state index in [1.165, 1.54) is 0 Å². The summed E-state index contributed by atoms with van der Waals surface area (Å²) >= 11 is 5.97. The summed E-state index contributed by atoms with van der Waals surface area (Å²) in [7, 11) is 0. The summed E-state index contributed by atoms with van der Waals surface area (Å²) in [5.74, 6) is 0.544. The molecule has 0 aromatic carbocycles. The lowest BCUT2D eigenvalue weighted by Crippen LogP contribution is -1.98. The third kappa shape index (κ3) is 1.80. The lowest BCUT2D eigenvalue weighted by molar-refractivity contribution is 0.772. The molecule has 0 fully saturated rings. The van der Waals surface area contributed by atoms with Crippen LogP contribution in [0.1, 0.15) is 25.5 Å². The number of nitrogens with two attached hydrogens (primary N) is 2. The van der Waals surface area contributed by atoms with Gasteiger partial charge in [-0.1, -0.05) is 24.9 Å². The number of hydrogen-bond donors (Lipinski definition) is 2. The van der Waals surface area contributed by atoms with Gasteiger partial charge in [0.1, 0.15) is 5.82 Å². The van der Waals surface area contributed by atoms with Crippen molar-refractivity contribution in [1.29, 1.82) is 0 Å². The van der Waals surface area contributed by atoms with Gasteiger partial charge in [0.25, 0.3) is 0 Å². The van der Waals surface area contributed by atoms with Gasteiger partial charge >= 0.3 is 0 Å². The van der Waals surface area contributed by atoms with E-state index in [0.717, 1.165) is 25.0 Å². The average molecular weight is 239 g/mol. The number of imidazole rings is 1. The number of pyridine rings is 1. The lowest BCUT2D eigenvalue weighted by atomic mass is 10.2. The molecule has 0 aliphatic rings. The molecule has 0 atom stereocenters. The number of aryl methyl sites for hydroxylation is 1. The Morgan fingerprint density at radius 2 is 2.19 bits per heavy atom. The van der Waals surface area contributed by atoms with Crippen LogP contribution >= 0.6 is 11.6 Å². The van der Waals surface area contributed by atoms with Crippen LogP contribution in [0.5, 0.6) is 0 Å². The molecule has 0 amide bonds. The number of nitrogen functional groups attached to an aromatic ring is 2. The molecule has 0 bridgehead atoms. The second-order valence-corrected chi connectivity index (χ2v) is 4.29. The van der Waals surface area contributed by atoms with Gasteiger partial charge in [-0.05, 0) is 18.9 Å². The van der Waals surface area contributed by atoms with Crippen molar-refractivity contribution in [2.45, 2.75) is 26.2 Å². The minimum absolute atomic E-state index is 0.544. The highest BCUT2D eigenvalue weighted by atomic mass is 35.5. The minimum atomic E-state index is 0.544. The maximum atomic E-state index is 5.97. The van der Waals surface area contributed by atoms with E-state index in [-0.39, 0.29) is 0 Å². The van der Waals surface area contributed by atoms with Crippen molar-refractivity contribution in [3.05, 3.63) is 23.0 Å². The smallest absolute Gasteiger partial charge is 0.162 e. The van der Waals surface area contributed by atoms with Crippen LogP contribution in [0.2, 0.25) is 5.02 Å². The summed E-state index contributed by atoms with van der Waals surface area (Å²) in [6.07, 6.45) is 4.89. The Kier molecular flexibility index (Phi) is 2.92. The summed E-state index contributed by atoms with van der Waals surface area (Å²) < 4.78 is 1.89. The summed E-state index contributed by atoms with van der Waals surface area (Å²) in [5.41, 5.74) is 14.0. The molecule has 0 aliphatic heterocycles. The molecule has 0 radical (unpaired) electrons. The van der Waals surface area contributed by atoms with Gasteiger partial charge < -0.3 is 11.5 Å². The first-order valence-corrected chi connectivity index (χ1v) is 5.72. The van der Waals surface area contributed by atoms with E-state index in [0.29, 0.717) is 22.2 Å². The largest absolute Gasteiger partial charge is 0.396 e. The monoisotopic (exact) mass is 238 g/mol. The molecule has 86 valence electrons. The Balaban J connectivity index is 2.59. The molecule has 0 aliphatic carbocycles. The van der Waals surface area contributed by atoms with E-state index >= 15 is 0 Å². The number of fused-ring (bicyclic) bond motifs is 1. The van der Waals surface area contributed by atoms with Crippen LogP contribution in [0.3, 0.4) is 0 Å². The van der Waals surface area contributed by atoms with Gasteiger partial charge in [0, 0.05) is 6.20 Å². The highest BCUT2D eigenvalue weighted by molar-refractivity contribution is 6.30. The second-order valence-electron chi connectivity index (χ2n) is 3.85. The van der Waals surface area contributed by atoms with Crippen molar-refractivity contribution in [3.8, 4) is 0 Å². The maximum Gasteiger partial charge on any atom is 0.162 e. The quantitative estimate of drug-likeness (QED) is 0.863. The number of rotatable bonds is 3. The van der Waals surface area contributed by atoms with Gasteiger partial charge in [-0.3, -0.25) is 4.40 Å². The van der Waals surface area contributed by atoms with E-state index in [1.54, 1.807) is 6.07 Å². The summed E-state index contributed by atoms with van der Waals surface area (Å²) in [6, 6.07) is 1.69. The number of hydrogen-bond acceptors (Lipinski definition) is 3. The van der Waals surface area contributed by atoms with Crippen LogP contribution < -0.4 is 11.5 Å². The van der Waals surface area contributed by atoms with Crippen LogP contribution in [0, 0.1) is 0 Å². The first-order chi connectivity index (χ1) is 7.63. The predicted octanol–water partition coefficient (Wildman–Crippen LogP) is 2.49. The van der Waals surface area contributed by atoms with Gasteiger partial charge in [0.05, 0.1) is 16.4 Å². The summed E-state index contributed by atoms with van der Waals surface area (Å²) in [4.78, 5) is 4.26. The van der Waals surface area contributed by atoms with E-state index in [9.17, 15) is 0 Å². The molecular formula is C11H15ClN4. The van der Waals surface area contributed by atoms with Crippen LogP contribution in [-0.4, -0.2) is 9.38 Å². The third-order valence-electron chi connectivity index (χ3n) is 2.61. The van der Waals surface area contributed by atoms with Crippen molar-refractivity contribution in [2.75, 3.05) is 11.5 Å². The molecule has 0 saturated heterocycles. The fourth-order valence-electron chi connectivity index (χ4n) is 1.79. The van der Waals surface area contributed by atoms with Crippen molar-refractivity contribution in [3.63, 3.8) is 0 Å². The average Bonchev–Trinajstić information content (AvgIpc) is 2.53. The minimum Gasteiger partial charge on any atom is -0.396 e. The third-order valence-corrected chi connectivity index (χ3v) is 2.82. The predicted molar refractivity (Wildman–Crippen MR) is 67.6 cm³/mol. The molecule has 0 spiro atoms. The fourth-order valence-corrected chi connectivity index (χ4v) is 2.01. The van der Waals surface area contributed by atoms with E-state index in [1.807, 2.05) is 10.6 Å². The van der Waals surface area contributed by atoms with Crippen molar-refractivity contribution >= 4 is 28.8 Å². The number of aromatic nitrogens is 2. The van der Waals surface area contributed by atoms with E-state index in [4.69, 9.17) is 23.1 Å². The molecule has 2 aromatic heterocycles. The number of nitrogens with zero attached hydrogens (tertiary/aromatic N) is 2. The first kappa shape index (κ1) is 11.1. The standard InChI is InChI=1S/C11H15ClN4/c1-2-3-4-9-10(14)15-11-8(13)5-7(12)6-16(9)11/h5-6H,2-4,13-14H2,1H3. The SMILES string of the molecule is CCCCc1c(N)nc2c(N)cc(Cl)cn12. The normalized spacial score (nSPS) is 11.1. The molecule has 4 N–H and O–H groups in total. The Labute approximate surface area is 99.2 Å². The number of halogens is 1. The zero-order valence-corrected chi connectivity index (χ0v) is 9.96. The molecule has 2 rings (SSSR count). The Bertz CT molecular complexity index is 518. The highest BCUT2D eigenvalue weighted by Gasteiger charge is 2.11. The second kappa shape index (κ2) is 4.22.